The van der Waals surface area contributed by atoms with E-state index < -0.39 is 15.7 Å². The summed E-state index contributed by atoms with van der Waals surface area (Å²) in [7, 11) is -3.46. The predicted molar refractivity (Wildman–Crippen MR) is 72.7 cm³/mol. The zero-order valence-corrected chi connectivity index (χ0v) is 12.6. The van der Waals surface area contributed by atoms with E-state index >= 15 is 0 Å². The lowest BCUT2D eigenvalue weighted by molar-refractivity contribution is 0.0485. The quantitative estimate of drug-likeness (QED) is 0.841. The van der Waals surface area contributed by atoms with E-state index in [0.29, 0.717) is 0 Å². The van der Waals surface area contributed by atoms with Gasteiger partial charge in [0.2, 0.25) is 5.82 Å². The van der Waals surface area contributed by atoms with Gasteiger partial charge in [0.05, 0.1) is 16.6 Å². The molecule has 0 bridgehead atoms. The molecule has 0 aliphatic heterocycles. The first-order valence-corrected chi connectivity index (χ1v) is 8.10. The lowest BCUT2D eigenvalue weighted by atomic mass is 10.2. The van der Waals surface area contributed by atoms with Crippen LogP contribution in [0.4, 0.5) is 4.39 Å². The highest BCUT2D eigenvalue weighted by atomic mass is 32.2. The second kappa shape index (κ2) is 5.90. The number of sulfone groups is 1. The molecule has 8 heteroatoms. The van der Waals surface area contributed by atoms with E-state index in [-0.39, 0.29) is 34.9 Å². The predicted octanol–water partition coefficient (Wildman–Crippen LogP) is 2.20. The number of rotatable bonds is 5. The highest BCUT2D eigenvalue weighted by Crippen LogP contribution is 2.23. The molecule has 0 unspecified atom stereocenters. The maximum Gasteiger partial charge on any atom is 0.252 e. The number of halogens is 1. The van der Waals surface area contributed by atoms with E-state index in [0.717, 1.165) is 12.3 Å². The minimum Gasteiger partial charge on any atom is -0.369 e. The van der Waals surface area contributed by atoms with Gasteiger partial charge in [-0.2, -0.15) is 4.98 Å². The minimum atomic E-state index is -3.46. The summed E-state index contributed by atoms with van der Waals surface area (Å²) in [6.45, 7) is 3.86. The van der Waals surface area contributed by atoms with Crippen molar-refractivity contribution in [1.29, 1.82) is 0 Å². The van der Waals surface area contributed by atoms with Crippen molar-refractivity contribution in [3.8, 4) is 11.4 Å². The van der Waals surface area contributed by atoms with Gasteiger partial charge in [0.1, 0.15) is 12.4 Å². The Morgan fingerprint density at radius 1 is 1.38 bits per heavy atom. The second-order valence-electron chi connectivity index (χ2n) is 4.79. The average molecular weight is 314 g/mol. The van der Waals surface area contributed by atoms with Crippen LogP contribution >= 0.6 is 0 Å². The summed E-state index contributed by atoms with van der Waals surface area (Å²) >= 11 is 0. The van der Waals surface area contributed by atoms with Crippen molar-refractivity contribution < 1.29 is 22.1 Å². The van der Waals surface area contributed by atoms with Gasteiger partial charge < -0.3 is 9.26 Å². The van der Waals surface area contributed by atoms with Crippen molar-refractivity contribution >= 4 is 9.84 Å². The van der Waals surface area contributed by atoms with Crippen LogP contribution in [0.5, 0.6) is 0 Å². The highest BCUT2D eigenvalue weighted by molar-refractivity contribution is 7.90. The Bertz CT molecular complexity index is 740. The molecule has 0 atom stereocenters. The Morgan fingerprint density at radius 3 is 2.67 bits per heavy atom. The normalized spacial score (nSPS) is 12.0. The third-order valence-corrected chi connectivity index (χ3v) is 3.73. The molecule has 0 amide bonds. The lowest BCUT2D eigenvalue weighted by Gasteiger charge is -2.02. The third kappa shape index (κ3) is 3.85. The molecule has 0 radical (unpaired) electrons. The summed E-state index contributed by atoms with van der Waals surface area (Å²) in [6, 6.07) is 3.55. The van der Waals surface area contributed by atoms with Crippen LogP contribution < -0.4 is 0 Å². The maximum absolute atomic E-state index is 14.0. The van der Waals surface area contributed by atoms with E-state index in [2.05, 4.69) is 10.1 Å². The summed E-state index contributed by atoms with van der Waals surface area (Å²) in [4.78, 5) is 3.91. The molecular weight excluding hydrogens is 299 g/mol. The molecular formula is C13H15FN2O4S. The van der Waals surface area contributed by atoms with Gasteiger partial charge in [0.25, 0.3) is 5.89 Å². The molecule has 0 N–H and O–H groups in total. The van der Waals surface area contributed by atoms with Gasteiger partial charge in [-0.25, -0.2) is 12.8 Å². The molecule has 6 nitrogen and oxygen atoms in total. The summed E-state index contributed by atoms with van der Waals surface area (Å²) in [5.41, 5.74) is 0.0712. The van der Waals surface area contributed by atoms with Crippen LogP contribution in [0.2, 0.25) is 0 Å². The maximum atomic E-state index is 14.0. The average Bonchev–Trinajstić information content (AvgIpc) is 2.83. The van der Waals surface area contributed by atoms with Crippen molar-refractivity contribution in [1.82, 2.24) is 10.1 Å². The van der Waals surface area contributed by atoms with Gasteiger partial charge in [-0.1, -0.05) is 5.16 Å². The highest BCUT2D eigenvalue weighted by Gasteiger charge is 2.16. The van der Waals surface area contributed by atoms with Crippen molar-refractivity contribution in [2.75, 3.05) is 6.26 Å². The molecule has 21 heavy (non-hydrogen) atoms. The first-order valence-electron chi connectivity index (χ1n) is 6.21. The fraction of sp³-hybridized carbons (Fsp3) is 0.385. The standard InChI is InChI=1S/C13H15FN2O4S/c1-8(2)19-7-12-15-13(16-20-12)10-5-4-9(6-11(10)14)21(3,17)18/h4-6,8H,7H2,1-3H3. The second-order valence-corrected chi connectivity index (χ2v) is 6.80. The fourth-order valence-electron chi connectivity index (χ4n) is 1.57. The summed E-state index contributed by atoms with van der Waals surface area (Å²) in [6.07, 6.45) is 1.02. The SMILES string of the molecule is CC(C)OCc1nc(-c2ccc(S(C)(=O)=O)cc2F)no1. The molecule has 114 valence electrons. The van der Waals surface area contributed by atoms with Gasteiger partial charge >= 0.3 is 0 Å². The van der Waals surface area contributed by atoms with Gasteiger partial charge in [-0.3, -0.25) is 0 Å². The Kier molecular flexibility index (Phi) is 4.38. The Balaban J connectivity index is 2.27. The molecule has 1 heterocycles. The monoisotopic (exact) mass is 314 g/mol. The molecule has 2 aromatic rings. The zero-order valence-electron chi connectivity index (χ0n) is 11.8. The van der Waals surface area contributed by atoms with Crippen LogP contribution in [0, 0.1) is 5.82 Å². The number of aromatic nitrogens is 2. The van der Waals surface area contributed by atoms with Crippen LogP contribution in [-0.2, 0) is 21.2 Å². The first-order chi connectivity index (χ1) is 9.77. The minimum absolute atomic E-state index is 0.00568. The topological polar surface area (TPSA) is 82.3 Å². The van der Waals surface area contributed by atoms with Crippen molar-refractivity contribution in [3.05, 3.63) is 29.9 Å². The molecule has 0 aliphatic rings. The van der Waals surface area contributed by atoms with Crippen LogP contribution in [0.3, 0.4) is 0 Å². The Hall–Kier alpha value is -1.80. The van der Waals surface area contributed by atoms with Crippen molar-refractivity contribution in [2.24, 2.45) is 0 Å². The molecule has 1 aromatic carbocycles. The Labute approximate surface area is 121 Å². The summed E-state index contributed by atoms with van der Waals surface area (Å²) in [5.74, 6) is -0.449. The van der Waals surface area contributed by atoms with Gasteiger partial charge in [-0.05, 0) is 32.0 Å². The fourth-order valence-corrected chi connectivity index (χ4v) is 2.20. The van der Waals surface area contributed by atoms with E-state index in [1.54, 1.807) is 0 Å². The summed E-state index contributed by atoms with van der Waals surface area (Å²) < 4.78 is 46.9. The van der Waals surface area contributed by atoms with Gasteiger partial charge in [-0.15, -0.1) is 0 Å². The number of benzene rings is 1. The number of nitrogens with zero attached hydrogens (tertiary/aromatic N) is 2. The Morgan fingerprint density at radius 2 is 2.10 bits per heavy atom. The molecule has 0 fully saturated rings. The van der Waals surface area contributed by atoms with Crippen molar-refractivity contribution in [3.63, 3.8) is 0 Å². The zero-order chi connectivity index (χ0) is 15.6. The third-order valence-electron chi connectivity index (χ3n) is 2.62. The smallest absolute Gasteiger partial charge is 0.252 e. The molecule has 2 rings (SSSR count). The van der Waals surface area contributed by atoms with E-state index in [1.165, 1.54) is 12.1 Å². The first kappa shape index (κ1) is 15.6. The number of hydrogen-bond acceptors (Lipinski definition) is 6. The van der Waals surface area contributed by atoms with E-state index in [4.69, 9.17) is 9.26 Å². The number of ether oxygens (including phenoxy) is 1. The van der Waals surface area contributed by atoms with E-state index in [1.807, 2.05) is 13.8 Å². The van der Waals surface area contributed by atoms with Crippen LogP contribution in [0.25, 0.3) is 11.4 Å². The molecule has 0 spiro atoms. The van der Waals surface area contributed by atoms with Crippen LogP contribution in [-0.4, -0.2) is 30.9 Å². The van der Waals surface area contributed by atoms with Crippen LogP contribution in [0.1, 0.15) is 19.7 Å². The molecule has 1 aromatic heterocycles. The molecule has 0 saturated carbocycles. The molecule has 0 saturated heterocycles. The number of hydrogen-bond donors (Lipinski definition) is 0. The van der Waals surface area contributed by atoms with Gasteiger partial charge in [0.15, 0.2) is 9.84 Å². The van der Waals surface area contributed by atoms with Crippen molar-refractivity contribution in [2.45, 2.75) is 31.5 Å². The summed E-state index contributed by atoms with van der Waals surface area (Å²) in [5, 5.41) is 3.66. The van der Waals surface area contributed by atoms with Crippen LogP contribution in [0.15, 0.2) is 27.6 Å². The molecule has 0 aliphatic carbocycles. The lowest BCUT2D eigenvalue weighted by Crippen LogP contribution is -2.02. The largest absolute Gasteiger partial charge is 0.369 e. The van der Waals surface area contributed by atoms with Gasteiger partial charge in [0, 0.05) is 6.26 Å². The van der Waals surface area contributed by atoms with E-state index in [9.17, 15) is 12.8 Å².